The Kier molecular flexibility index (Phi) is 39.4. The monoisotopic (exact) mass is 1790 g/mol. The third-order valence-corrected chi connectivity index (χ3v) is 27.3. The van der Waals surface area contributed by atoms with Gasteiger partial charge < -0.3 is 86.3 Å². The fourth-order valence-corrected chi connectivity index (χ4v) is 19.9. The average Bonchev–Trinajstić information content (AvgIpc) is 1.00. The third kappa shape index (κ3) is 31.7. The lowest BCUT2D eigenvalue weighted by Gasteiger charge is -2.35. The highest BCUT2D eigenvalue weighted by molar-refractivity contribution is 5.80. The Bertz CT molecular complexity index is 4450. The van der Waals surface area contributed by atoms with Crippen molar-refractivity contribution >= 4 is 36.1 Å². The van der Waals surface area contributed by atoms with E-state index in [9.17, 15) is 54.3 Å². The van der Waals surface area contributed by atoms with E-state index >= 15 is 0 Å². The van der Waals surface area contributed by atoms with Crippen LogP contribution in [0, 0.1) is 11.8 Å². The smallest absolute Gasteiger partial charge is 0.317 e. The van der Waals surface area contributed by atoms with Crippen LogP contribution in [0.1, 0.15) is 145 Å². The first kappa shape index (κ1) is 98.1. The lowest BCUT2D eigenvalue weighted by Crippen LogP contribution is -2.50. The van der Waals surface area contributed by atoms with E-state index < -0.39 is 30.5 Å². The number of ether oxygens (including phenoxy) is 1. The normalized spacial score (nSPS) is 20.4. The number of urea groups is 5. The van der Waals surface area contributed by atoms with Gasteiger partial charge in [-0.2, -0.15) is 0 Å². The molecule has 0 aliphatic carbocycles. The summed E-state index contributed by atoms with van der Waals surface area (Å²) in [5.41, 5.74) is 15.0. The lowest BCUT2D eigenvalue weighted by atomic mass is 9.92. The van der Waals surface area contributed by atoms with Gasteiger partial charge in [0.15, 0.2) is 0 Å². The second-order valence-electron chi connectivity index (χ2n) is 37.3. The molecule has 11 aliphatic heterocycles. The van der Waals surface area contributed by atoms with Gasteiger partial charge in [0.05, 0.1) is 43.7 Å². The van der Waals surface area contributed by atoms with Crippen molar-refractivity contribution in [1.82, 2.24) is 85.5 Å². The quantitative estimate of drug-likeness (QED) is 0.0291. The van der Waals surface area contributed by atoms with Crippen LogP contribution in [-0.2, 0) is 80.8 Å². The number of aliphatic hydroxyl groups excluding tert-OH is 5. The zero-order chi connectivity index (χ0) is 90.6. The number of benzene rings is 5. The van der Waals surface area contributed by atoms with Gasteiger partial charge in [0.25, 0.3) is 0 Å². The van der Waals surface area contributed by atoms with E-state index in [0.29, 0.717) is 117 Å². The van der Waals surface area contributed by atoms with Crippen molar-refractivity contribution in [3.8, 4) is 0 Å². The summed E-state index contributed by atoms with van der Waals surface area (Å²) in [4.78, 5) is 100. The Balaban J connectivity index is 0.000000139. The summed E-state index contributed by atoms with van der Waals surface area (Å²) in [5, 5.41) is 66.0. The largest absolute Gasteiger partial charge is 0.390 e. The number of hydrogen-bond donors (Lipinski definition) is 10. The van der Waals surface area contributed by atoms with Crippen molar-refractivity contribution < 1.29 is 59.0 Å². The molecule has 5 aromatic carbocycles. The van der Waals surface area contributed by atoms with Crippen molar-refractivity contribution in [2.75, 3.05) is 190 Å². The number of piperidine rings is 3. The van der Waals surface area contributed by atoms with Crippen LogP contribution in [0.3, 0.4) is 0 Å². The molecule has 6 atom stereocenters. The standard InChI is InChI=1S/C24H32N4O2.C23H34N4O4.C19H29N3O2.C18H27N3O2.C17H25N3O2/c29-23(18-27-13-9-21-5-1-2-6-22(21)17-27)15-26-24(30)28-12-3-4-20(16-28)14-19-7-10-25-11-8-19;28-21(17-25-8-5-18-3-1-2-4-20(18)16-25)15-24-23(30)27-9-6-19(7-10-27)22(29)26-11-13-31-14-12-26;23-18(13-20-19(24)22-10-5-1-2-6-11-22)15-21-12-9-16-7-3-4-8-17(16)14-21;22-17(12-19-18(23)21-9-4-1-5-10-21)14-20-11-8-15-6-2-3-7-16(15)13-20;21-16(11-18-17(22)20-8-3-4-9-20)13-19-10-7-14-5-1-2-6-15(14)12-19/h1-2,5-8,10-11,20,23,29H,3-4,9,12-18H2,(H,26,30);1-4,19,21,28H,5-17H2,(H,24,30);3-4,7-8,18,23H,1-2,5-6,9-15H2,(H,20,24);2-3,6-7,17,22H,1,4-5,8-14H2,(H,19,23);1-2,5-6,16,21H,3-4,7-13H2,(H,18,22). The number of hydrogen-bond acceptors (Lipinski definition) is 18. The van der Waals surface area contributed by atoms with Gasteiger partial charge in [-0.3, -0.25) is 34.3 Å². The molecule has 12 heterocycles. The fraction of sp³-hybridized carbons (Fsp3) is 0.594. The number of likely N-dealkylation sites (tertiary alicyclic amines) is 5. The molecule has 1 aromatic heterocycles. The number of nitrogens with one attached hydrogen (secondary N) is 5. The number of aliphatic hydroxyl groups is 5. The number of carbonyl (C=O) groups excluding carboxylic acids is 6. The van der Waals surface area contributed by atoms with Gasteiger partial charge in [-0.1, -0.05) is 134 Å². The maximum atomic E-state index is 12.6. The van der Waals surface area contributed by atoms with Crippen LogP contribution in [0.2, 0.25) is 0 Å². The third-order valence-electron chi connectivity index (χ3n) is 27.3. The summed E-state index contributed by atoms with van der Waals surface area (Å²) in [5.74, 6) is 0.668. The number of pyridine rings is 1. The highest BCUT2D eigenvalue weighted by atomic mass is 16.5. The Morgan fingerprint density at radius 1 is 0.308 bits per heavy atom. The molecule has 0 spiro atoms. The summed E-state index contributed by atoms with van der Waals surface area (Å²) in [6, 6.07) is 46.2. The second-order valence-corrected chi connectivity index (χ2v) is 37.3. The predicted octanol–water partition coefficient (Wildman–Crippen LogP) is 7.95. The molecule has 0 bridgehead atoms. The Hall–Kier alpha value is -9.37. The number of carbonyl (C=O) groups is 6. The topological polar surface area (TPSA) is 321 Å². The summed E-state index contributed by atoms with van der Waals surface area (Å²) >= 11 is 0. The summed E-state index contributed by atoms with van der Waals surface area (Å²) < 4.78 is 5.32. The van der Waals surface area contributed by atoms with Gasteiger partial charge in [0.2, 0.25) is 5.91 Å². The first-order chi connectivity index (χ1) is 63.4. The molecule has 0 saturated carbocycles. The van der Waals surface area contributed by atoms with Crippen molar-refractivity contribution in [3.63, 3.8) is 0 Å². The molecule has 29 heteroatoms. The summed E-state index contributed by atoms with van der Waals surface area (Å²) in [6.45, 7) is 23.9. The molecule has 6 fully saturated rings. The first-order valence-corrected chi connectivity index (χ1v) is 48.7. The number of fused-ring (bicyclic) bond motifs is 5. The van der Waals surface area contributed by atoms with E-state index in [1.165, 1.54) is 80.5 Å². The molecule has 10 N–H and O–H groups in total. The number of nitrogens with zero attached hydrogens (tertiary/aromatic N) is 12. The zero-order valence-electron chi connectivity index (χ0n) is 76.8. The fourth-order valence-electron chi connectivity index (χ4n) is 19.9. The highest BCUT2D eigenvalue weighted by Crippen LogP contribution is 2.27. The molecule has 6 saturated heterocycles. The molecule has 29 nitrogen and oxygen atoms in total. The molecule has 708 valence electrons. The average molecular weight is 1790 g/mol. The molecule has 11 amide bonds. The molecule has 0 radical (unpaired) electrons. The Morgan fingerprint density at radius 2 is 0.577 bits per heavy atom. The van der Waals surface area contributed by atoms with Crippen LogP contribution in [0.15, 0.2) is 146 Å². The lowest BCUT2D eigenvalue weighted by molar-refractivity contribution is -0.141. The van der Waals surface area contributed by atoms with Gasteiger partial charge in [-0.05, 0) is 188 Å². The predicted molar refractivity (Wildman–Crippen MR) is 504 cm³/mol. The van der Waals surface area contributed by atoms with Crippen LogP contribution < -0.4 is 26.6 Å². The minimum atomic E-state index is -0.602. The van der Waals surface area contributed by atoms with Crippen LogP contribution in [0.25, 0.3) is 0 Å². The first-order valence-electron chi connectivity index (χ1n) is 48.7. The minimum Gasteiger partial charge on any atom is -0.390 e. The van der Waals surface area contributed by atoms with Gasteiger partial charge in [-0.25, -0.2) is 24.0 Å². The summed E-state index contributed by atoms with van der Waals surface area (Å²) in [6.07, 6.45) is 20.7. The highest BCUT2D eigenvalue weighted by Gasteiger charge is 2.34. The second kappa shape index (κ2) is 52.2. The number of morpholine rings is 1. The van der Waals surface area contributed by atoms with Gasteiger partial charge >= 0.3 is 30.2 Å². The van der Waals surface area contributed by atoms with Crippen LogP contribution in [-0.4, -0.2) is 341 Å². The van der Waals surface area contributed by atoms with Crippen molar-refractivity contribution in [2.45, 2.75) is 185 Å². The number of rotatable bonds is 23. The number of β-amino-alcohol motifs (C(OH)–C–C–N with tert-alkyl or cyclic N) is 5. The van der Waals surface area contributed by atoms with Crippen molar-refractivity contribution in [1.29, 1.82) is 0 Å². The maximum Gasteiger partial charge on any atom is 0.317 e. The maximum absolute atomic E-state index is 12.6. The molecule has 17 rings (SSSR count). The van der Waals surface area contributed by atoms with E-state index in [4.69, 9.17) is 4.74 Å². The van der Waals surface area contributed by atoms with Crippen LogP contribution >= 0.6 is 0 Å². The number of amides is 11. The molecule has 6 aromatic rings. The van der Waals surface area contributed by atoms with Crippen LogP contribution in [0.5, 0.6) is 0 Å². The molecule has 130 heavy (non-hydrogen) atoms. The number of aromatic nitrogens is 1. The van der Waals surface area contributed by atoms with E-state index in [2.05, 4.69) is 177 Å². The van der Waals surface area contributed by atoms with Gasteiger partial charge in [0.1, 0.15) is 0 Å². The molecular weight excluding hydrogens is 1640 g/mol. The van der Waals surface area contributed by atoms with E-state index in [1.54, 1.807) is 4.90 Å². The van der Waals surface area contributed by atoms with E-state index in [1.807, 2.05) is 49.0 Å². The SMILES string of the molecule is O=C(NCC(O)CN1CCc2ccccc2C1)N1CCC(C(=O)N2CCOCC2)CC1.O=C(NCC(O)CN1CCc2ccccc2C1)N1CCCC(Cc2ccncc2)C1.O=C(NCC(O)CN1CCc2ccccc2C1)N1CCCC1.O=C(NCC(O)CN1CCc2ccccc2C1)N1CCCCC1.O=C(NCC(O)CN1CCc2ccccc2C1)N1CCCCCC1. The summed E-state index contributed by atoms with van der Waals surface area (Å²) in [7, 11) is 0. The Morgan fingerprint density at radius 3 is 0.892 bits per heavy atom. The Labute approximate surface area is 770 Å². The van der Waals surface area contributed by atoms with E-state index in [-0.39, 0.29) is 48.5 Å². The minimum absolute atomic E-state index is 0.00489. The molecule has 11 aliphatic rings. The van der Waals surface area contributed by atoms with Crippen molar-refractivity contribution in [2.24, 2.45) is 11.8 Å². The molecular formula is C101H147N17O12. The molecule has 6 unspecified atom stereocenters. The van der Waals surface area contributed by atoms with Gasteiger partial charge in [0, 0.05) is 228 Å². The van der Waals surface area contributed by atoms with Crippen LogP contribution in [0.4, 0.5) is 24.0 Å². The van der Waals surface area contributed by atoms with E-state index in [0.717, 1.165) is 208 Å². The van der Waals surface area contributed by atoms with Crippen molar-refractivity contribution in [3.05, 3.63) is 207 Å². The van der Waals surface area contributed by atoms with Gasteiger partial charge in [-0.15, -0.1) is 0 Å². The zero-order valence-corrected chi connectivity index (χ0v) is 76.8.